The molecule has 2 unspecified atom stereocenters. The van der Waals surface area contributed by atoms with Gasteiger partial charge in [0.1, 0.15) is 31.1 Å². The molecule has 4 saturated carbocycles. The van der Waals surface area contributed by atoms with Crippen molar-refractivity contribution in [3.05, 3.63) is 130 Å². The maximum Gasteiger partial charge on any atom is 0.409 e. The smallest absolute Gasteiger partial charge is 0.409 e. The van der Waals surface area contributed by atoms with Gasteiger partial charge in [0, 0.05) is 104 Å². The van der Waals surface area contributed by atoms with E-state index in [4.69, 9.17) is 28.8 Å². The third kappa shape index (κ3) is 18.2. The fourth-order valence-electron chi connectivity index (χ4n) is 16.4. The summed E-state index contributed by atoms with van der Waals surface area (Å²) in [6, 6.07) is 19.9. The Balaban J connectivity index is 0.694. The van der Waals surface area contributed by atoms with Crippen molar-refractivity contribution in [2.24, 2.45) is 22.2 Å². The van der Waals surface area contributed by atoms with Gasteiger partial charge in [0.05, 0.1) is 34.4 Å². The Morgan fingerprint density at radius 2 is 1.58 bits per heavy atom. The van der Waals surface area contributed by atoms with E-state index in [0.717, 1.165) is 70.5 Å². The minimum absolute atomic E-state index is 0.000159. The Morgan fingerprint density at radius 3 is 2.31 bits per heavy atom. The first-order chi connectivity index (χ1) is 49.0. The quantitative estimate of drug-likeness (QED) is 0.0106. The number of aromatic carboxylic acids is 1. The van der Waals surface area contributed by atoms with Crippen LogP contribution in [0.15, 0.2) is 91.1 Å². The standard InChI is InChI=1S/C75H89N11O15S2/c1-47(2)64(81-61(87)21-9-8-12-29-85-62(88)26-27-63(85)89)68(92)77-48(3)66(90)78-53-23-22-52(51(36-53)17-14-32-99-33-15-35-103(96,97)98)39-100-71(95)83(7)31-34-101-75-43-72(5)40-73(6,44-75)42-74(41-72,45-75)46-86-49(4)56(37-76-86)54-24-25-60(80-65(54)69(93)94)84-30-28-50-16-13-18-55(57(50)38-84)67(91)82-70-79-58-19-10-11-20-59(58)102-70/h10-11,13,16,18-20,22-27,36-37,47-48,64H,8-9,12,15,21,28-35,38-46H2,1-7H3,(H,77,92)(H,78,90)(H,81,87)(H,93,94)(H,79,82,91)(H,96,97,98)/t48-,64-,72?,73?,74?,75?/m0/s1. The van der Waals surface area contributed by atoms with Crippen molar-refractivity contribution in [1.82, 2.24) is 40.2 Å². The third-order valence-corrected chi connectivity index (χ3v) is 21.9. The van der Waals surface area contributed by atoms with Crippen LogP contribution in [0.1, 0.15) is 154 Å². The van der Waals surface area contributed by atoms with Gasteiger partial charge in [-0.1, -0.05) is 87.6 Å². The van der Waals surface area contributed by atoms with Crippen LogP contribution in [0.5, 0.6) is 0 Å². The molecule has 7 amide bonds. The number of aromatic nitrogens is 4. The van der Waals surface area contributed by atoms with Crippen molar-refractivity contribution in [3.63, 3.8) is 0 Å². The molecular formula is C75H89N11O15S2. The van der Waals surface area contributed by atoms with Crippen molar-refractivity contribution in [2.45, 2.75) is 156 Å². The van der Waals surface area contributed by atoms with E-state index in [1.807, 2.05) is 65.0 Å². The Kier molecular flexibility index (Phi) is 22.7. The van der Waals surface area contributed by atoms with Gasteiger partial charge in [-0.05, 0) is 154 Å². The largest absolute Gasteiger partial charge is 0.476 e. The molecule has 28 heteroatoms. The van der Waals surface area contributed by atoms with Crippen LogP contribution in [0.25, 0.3) is 21.3 Å². The summed E-state index contributed by atoms with van der Waals surface area (Å²) in [5, 5.41) is 27.5. The summed E-state index contributed by atoms with van der Waals surface area (Å²) in [7, 11) is -2.54. The molecule has 6 N–H and O–H groups in total. The molecule has 2 aliphatic heterocycles. The molecule has 103 heavy (non-hydrogen) atoms. The highest BCUT2D eigenvalue weighted by molar-refractivity contribution is 7.85. The van der Waals surface area contributed by atoms with Crippen molar-refractivity contribution in [2.75, 3.05) is 67.8 Å². The van der Waals surface area contributed by atoms with E-state index >= 15 is 0 Å². The first kappa shape index (κ1) is 74.8. The van der Waals surface area contributed by atoms with Crippen molar-refractivity contribution >= 4 is 95.8 Å². The first-order valence-electron chi connectivity index (χ1n) is 34.9. The van der Waals surface area contributed by atoms with Crippen LogP contribution in [0.3, 0.4) is 0 Å². The molecular weight excluding hydrogens is 1360 g/mol. The number of carbonyl (C=O) groups excluding carboxylic acids is 7. The van der Waals surface area contributed by atoms with Gasteiger partial charge in [-0.15, -0.1) is 0 Å². The van der Waals surface area contributed by atoms with E-state index in [-0.39, 0.29) is 104 Å². The van der Waals surface area contributed by atoms with Crippen LogP contribution in [-0.2, 0) is 74.4 Å². The van der Waals surface area contributed by atoms with Crippen LogP contribution in [0.2, 0.25) is 0 Å². The summed E-state index contributed by atoms with van der Waals surface area (Å²) >= 11 is 1.41. The zero-order valence-electron chi connectivity index (χ0n) is 59.1. The molecule has 6 aromatic rings. The fourth-order valence-corrected chi connectivity index (χ4v) is 17.8. The Bertz CT molecular complexity index is 4430. The number of nitrogens with one attached hydrogen (secondary N) is 4. The summed E-state index contributed by atoms with van der Waals surface area (Å²) in [6.07, 6.45) is 11.4. The van der Waals surface area contributed by atoms with E-state index in [9.17, 15) is 51.9 Å². The van der Waals surface area contributed by atoms with E-state index in [1.54, 1.807) is 51.4 Å². The summed E-state index contributed by atoms with van der Waals surface area (Å²) in [5.41, 5.74) is 5.48. The number of rotatable bonds is 30. The average molecular weight is 1450 g/mol. The number of carboxylic acids is 1. The lowest BCUT2D eigenvalue weighted by Crippen LogP contribution is -2.64. The van der Waals surface area contributed by atoms with Crippen LogP contribution in [-0.4, -0.2) is 165 Å². The zero-order chi connectivity index (χ0) is 73.6. The number of ether oxygens (including phenoxy) is 3. The third-order valence-electron chi connectivity index (χ3n) is 20.1. The maximum absolute atomic E-state index is 13.8. The number of carboxylic acid groups (broad SMARTS) is 1. The lowest BCUT2D eigenvalue weighted by Gasteiger charge is -2.69. The minimum Gasteiger partial charge on any atom is -0.476 e. The van der Waals surface area contributed by atoms with Gasteiger partial charge in [0.25, 0.3) is 27.8 Å². The predicted octanol–water partition coefficient (Wildman–Crippen LogP) is 9.50. The number of para-hydroxylation sites is 1. The average Bonchev–Trinajstić information content (AvgIpc) is 1.64. The van der Waals surface area contributed by atoms with Crippen molar-refractivity contribution in [1.29, 1.82) is 0 Å². The van der Waals surface area contributed by atoms with Crippen LogP contribution in [0.4, 0.5) is 21.4 Å². The van der Waals surface area contributed by atoms with E-state index in [1.165, 1.54) is 35.3 Å². The van der Waals surface area contributed by atoms with E-state index < -0.39 is 57.4 Å². The predicted molar refractivity (Wildman–Crippen MR) is 386 cm³/mol. The van der Waals surface area contributed by atoms with Gasteiger partial charge < -0.3 is 45.1 Å². The monoisotopic (exact) mass is 1450 g/mol. The van der Waals surface area contributed by atoms with Crippen molar-refractivity contribution < 1.29 is 70.6 Å². The first-order valence-corrected chi connectivity index (χ1v) is 37.3. The number of carbonyl (C=O) groups is 8. The van der Waals surface area contributed by atoms with Crippen LogP contribution in [0, 0.1) is 40.9 Å². The highest BCUT2D eigenvalue weighted by Gasteiger charge is 2.66. The molecule has 6 aliphatic rings. The molecule has 12 rings (SSSR count). The van der Waals surface area contributed by atoms with Crippen molar-refractivity contribution in [3.8, 4) is 23.0 Å². The molecule has 0 saturated heterocycles. The topological polar surface area (TPSA) is 340 Å². The number of benzene rings is 3. The van der Waals surface area contributed by atoms with Gasteiger partial charge in [0.15, 0.2) is 10.8 Å². The highest BCUT2D eigenvalue weighted by Crippen LogP contribution is 2.72. The number of imide groups is 1. The molecule has 4 atom stereocenters. The molecule has 0 spiro atoms. The molecule has 546 valence electrons. The Labute approximate surface area is 602 Å². The second-order valence-corrected chi connectivity index (χ2v) is 31.9. The van der Waals surface area contributed by atoms with Crippen LogP contribution < -0.4 is 26.2 Å². The molecule has 0 radical (unpaired) electrons. The number of nitrogens with zero attached hydrogens (tertiary/aromatic N) is 7. The van der Waals surface area contributed by atoms with Gasteiger partial charge >= 0.3 is 12.1 Å². The molecule has 4 aliphatic carbocycles. The minimum atomic E-state index is -4.18. The number of fused-ring (bicyclic) bond motifs is 2. The molecule has 26 nitrogen and oxygen atoms in total. The molecule has 3 aromatic carbocycles. The Hall–Kier alpha value is -9.40. The number of amides is 7. The van der Waals surface area contributed by atoms with Gasteiger partial charge in [0.2, 0.25) is 17.7 Å². The zero-order valence-corrected chi connectivity index (χ0v) is 60.7. The summed E-state index contributed by atoms with van der Waals surface area (Å²) in [6.45, 7) is 13.6. The SMILES string of the molecule is Cc1c(-c2ccc(N3CCc4cccc(C(=O)Nc5nc6ccccc6s5)c4C3)nc2C(=O)O)cnn1CC12CC3(C)CC(C)(C1)CC(OCCN(C)C(=O)OCc1ccc(NC(=O)[C@H](C)NC(=O)[C@@H](NC(=O)CCCCCN4C(=O)C=CC4=O)C(C)C)cc1C#CCOCCCS(=O)(=O)O)(C3)C2. The number of thiazole rings is 1. The number of hydrogen-bond donors (Lipinski definition) is 6. The summed E-state index contributed by atoms with van der Waals surface area (Å²) in [5.74, 6) is 1.86. The molecule has 4 bridgehead atoms. The fraction of sp³-hybridized carbons (Fsp3) is 0.480. The van der Waals surface area contributed by atoms with E-state index in [2.05, 4.69) is 51.9 Å². The molecule has 5 heterocycles. The number of hydrogen-bond acceptors (Lipinski definition) is 18. The van der Waals surface area contributed by atoms with E-state index in [0.29, 0.717) is 89.8 Å². The summed E-state index contributed by atoms with van der Waals surface area (Å²) in [4.78, 5) is 119. The normalized spacial score (nSPS) is 20.9. The molecule has 3 aromatic heterocycles. The van der Waals surface area contributed by atoms with Gasteiger partial charge in [-0.3, -0.25) is 48.2 Å². The number of pyridine rings is 1. The maximum atomic E-state index is 13.8. The number of likely N-dealkylation sites (N-methyl/N-ethyl adjacent to an activating group) is 1. The molecule has 4 fully saturated rings. The summed E-state index contributed by atoms with van der Waals surface area (Å²) < 4.78 is 52.9. The van der Waals surface area contributed by atoms with Crippen LogP contribution >= 0.6 is 11.3 Å². The number of unbranched alkanes of at least 4 members (excludes halogenated alkanes) is 2. The van der Waals surface area contributed by atoms with Gasteiger partial charge in [-0.25, -0.2) is 19.6 Å². The lowest BCUT2D eigenvalue weighted by atomic mass is 9.39. The Morgan fingerprint density at radius 1 is 0.825 bits per heavy atom. The number of anilines is 3. The second-order valence-electron chi connectivity index (χ2n) is 29.3. The highest BCUT2D eigenvalue weighted by atomic mass is 32.2. The lowest BCUT2D eigenvalue weighted by molar-refractivity contribution is -0.248. The van der Waals surface area contributed by atoms with Gasteiger partial charge in [-0.2, -0.15) is 13.5 Å². The second kappa shape index (κ2) is 31.3.